The van der Waals surface area contributed by atoms with Crippen LogP contribution in [0.5, 0.6) is 0 Å². The molecular formula is C17H21N5O3. The summed E-state index contributed by atoms with van der Waals surface area (Å²) in [5.41, 5.74) is 1.44. The van der Waals surface area contributed by atoms with Gasteiger partial charge in [0.1, 0.15) is 6.54 Å². The van der Waals surface area contributed by atoms with Crippen molar-refractivity contribution in [1.29, 1.82) is 0 Å². The van der Waals surface area contributed by atoms with E-state index in [-0.39, 0.29) is 18.1 Å². The molecule has 3 heterocycles. The number of amides is 1. The molecule has 1 amide bonds. The van der Waals surface area contributed by atoms with E-state index >= 15 is 0 Å². The highest BCUT2D eigenvalue weighted by Crippen LogP contribution is 2.18. The molecule has 1 fully saturated rings. The van der Waals surface area contributed by atoms with Gasteiger partial charge in [-0.25, -0.2) is 13.9 Å². The van der Waals surface area contributed by atoms with E-state index in [1.165, 1.54) is 4.68 Å². The van der Waals surface area contributed by atoms with Crippen molar-refractivity contribution in [2.75, 3.05) is 26.8 Å². The molecule has 1 aromatic carbocycles. The minimum atomic E-state index is -0.282. The Balaban J connectivity index is 1.78. The van der Waals surface area contributed by atoms with E-state index in [2.05, 4.69) is 5.10 Å². The second-order valence-corrected chi connectivity index (χ2v) is 6.30. The summed E-state index contributed by atoms with van der Waals surface area (Å²) >= 11 is 0. The molecule has 3 aromatic rings. The Morgan fingerprint density at radius 2 is 1.92 bits per heavy atom. The Kier molecular flexibility index (Phi) is 4.04. The van der Waals surface area contributed by atoms with E-state index in [1.807, 2.05) is 28.8 Å². The number of carbonyl (C=O) groups excluding carboxylic acids is 1. The molecule has 0 unspecified atom stereocenters. The Bertz CT molecular complexity index is 977. The first kappa shape index (κ1) is 15.9. The molecule has 0 saturated carbocycles. The Hall–Kier alpha value is -2.61. The summed E-state index contributed by atoms with van der Waals surface area (Å²) in [6.07, 6.45) is 2.05. The maximum atomic E-state index is 12.8. The number of ether oxygens (including phenoxy) is 1. The number of hydrogen-bond donors (Lipinski definition) is 0. The van der Waals surface area contributed by atoms with Gasteiger partial charge in [-0.05, 0) is 25.0 Å². The molecule has 0 N–H and O–H groups in total. The summed E-state index contributed by atoms with van der Waals surface area (Å²) in [4.78, 5) is 27.0. The molecule has 4 rings (SSSR count). The molecule has 132 valence electrons. The number of benzene rings is 1. The van der Waals surface area contributed by atoms with Gasteiger partial charge in [-0.15, -0.1) is 5.10 Å². The lowest BCUT2D eigenvalue weighted by atomic mass is 10.3. The monoisotopic (exact) mass is 343 g/mol. The fourth-order valence-electron chi connectivity index (χ4n) is 3.47. The van der Waals surface area contributed by atoms with Gasteiger partial charge in [0.25, 0.3) is 0 Å². The van der Waals surface area contributed by atoms with Crippen LogP contribution < -0.4 is 5.69 Å². The van der Waals surface area contributed by atoms with Crippen LogP contribution in [0.1, 0.15) is 12.8 Å². The predicted octanol–water partition coefficient (Wildman–Crippen LogP) is 0.719. The molecule has 8 nitrogen and oxygen atoms in total. The van der Waals surface area contributed by atoms with Gasteiger partial charge in [-0.1, -0.05) is 12.1 Å². The summed E-state index contributed by atoms with van der Waals surface area (Å²) < 4.78 is 9.98. The first-order valence-electron chi connectivity index (χ1n) is 8.54. The van der Waals surface area contributed by atoms with Crippen LogP contribution in [0.25, 0.3) is 16.8 Å². The van der Waals surface area contributed by atoms with Crippen LogP contribution in [0, 0.1) is 0 Å². The number of nitrogens with zero attached hydrogens (tertiary/aromatic N) is 5. The van der Waals surface area contributed by atoms with Crippen LogP contribution >= 0.6 is 0 Å². The van der Waals surface area contributed by atoms with Crippen molar-refractivity contribution in [3.63, 3.8) is 0 Å². The molecule has 0 aliphatic carbocycles. The summed E-state index contributed by atoms with van der Waals surface area (Å²) in [5, 5.41) is 4.44. The van der Waals surface area contributed by atoms with Gasteiger partial charge in [0.2, 0.25) is 11.7 Å². The fourth-order valence-corrected chi connectivity index (χ4v) is 3.47. The Morgan fingerprint density at radius 1 is 1.20 bits per heavy atom. The van der Waals surface area contributed by atoms with Crippen LogP contribution in [0.4, 0.5) is 0 Å². The number of aromatic nitrogens is 4. The number of rotatable bonds is 5. The van der Waals surface area contributed by atoms with E-state index in [9.17, 15) is 9.59 Å². The van der Waals surface area contributed by atoms with Gasteiger partial charge in [0.05, 0.1) is 17.6 Å². The molecular weight excluding hydrogens is 322 g/mol. The maximum Gasteiger partial charge on any atom is 0.352 e. The fraction of sp³-hybridized carbons (Fsp3) is 0.471. The van der Waals surface area contributed by atoms with Crippen molar-refractivity contribution >= 4 is 22.7 Å². The lowest BCUT2D eigenvalue weighted by molar-refractivity contribution is -0.131. The summed E-state index contributed by atoms with van der Waals surface area (Å²) in [7, 11) is 1.64. The van der Waals surface area contributed by atoms with Crippen LogP contribution in [-0.2, 0) is 22.6 Å². The zero-order chi connectivity index (χ0) is 17.4. The van der Waals surface area contributed by atoms with Crippen molar-refractivity contribution in [3.8, 4) is 0 Å². The van der Waals surface area contributed by atoms with Crippen molar-refractivity contribution in [1.82, 2.24) is 23.6 Å². The third-order valence-electron chi connectivity index (χ3n) is 4.74. The highest BCUT2D eigenvalue weighted by atomic mass is 16.5. The minimum Gasteiger partial charge on any atom is -0.383 e. The van der Waals surface area contributed by atoms with Crippen molar-refractivity contribution in [3.05, 3.63) is 34.7 Å². The van der Waals surface area contributed by atoms with Crippen LogP contribution in [0.15, 0.2) is 29.1 Å². The summed E-state index contributed by atoms with van der Waals surface area (Å²) in [6, 6.07) is 7.67. The number of hydrogen-bond acceptors (Lipinski definition) is 4. The van der Waals surface area contributed by atoms with E-state index in [0.717, 1.165) is 37.0 Å². The SMILES string of the molecule is COCCn1c2ccccc2n2c(=O)n(CC(=O)N3CCCC3)nc12. The molecule has 1 aliphatic rings. The lowest BCUT2D eigenvalue weighted by Gasteiger charge is -2.14. The quantitative estimate of drug-likeness (QED) is 0.684. The molecule has 2 aromatic heterocycles. The normalized spacial score (nSPS) is 14.8. The lowest BCUT2D eigenvalue weighted by Crippen LogP contribution is -2.34. The predicted molar refractivity (Wildman–Crippen MR) is 92.6 cm³/mol. The molecule has 0 bridgehead atoms. The number of para-hydroxylation sites is 2. The third-order valence-corrected chi connectivity index (χ3v) is 4.74. The average molecular weight is 343 g/mol. The maximum absolute atomic E-state index is 12.8. The van der Waals surface area contributed by atoms with Gasteiger partial charge >= 0.3 is 5.69 Å². The minimum absolute atomic E-state index is 0.0148. The average Bonchev–Trinajstić information content (AvgIpc) is 3.31. The second-order valence-electron chi connectivity index (χ2n) is 6.30. The van der Waals surface area contributed by atoms with Gasteiger partial charge in [0, 0.05) is 26.7 Å². The van der Waals surface area contributed by atoms with Crippen LogP contribution in [0.3, 0.4) is 0 Å². The van der Waals surface area contributed by atoms with Gasteiger partial charge < -0.3 is 14.2 Å². The number of likely N-dealkylation sites (tertiary alicyclic amines) is 1. The van der Waals surface area contributed by atoms with Crippen LogP contribution in [-0.4, -0.2) is 56.4 Å². The zero-order valence-electron chi connectivity index (χ0n) is 14.2. The molecule has 0 atom stereocenters. The van der Waals surface area contributed by atoms with Gasteiger partial charge in [0.15, 0.2) is 0 Å². The second kappa shape index (κ2) is 6.36. The molecule has 8 heteroatoms. The third kappa shape index (κ3) is 2.62. The topological polar surface area (TPSA) is 73.8 Å². The Morgan fingerprint density at radius 3 is 2.64 bits per heavy atom. The molecule has 1 aliphatic heterocycles. The van der Waals surface area contributed by atoms with Crippen molar-refractivity contribution in [2.24, 2.45) is 0 Å². The number of carbonyl (C=O) groups is 1. The molecule has 0 spiro atoms. The zero-order valence-corrected chi connectivity index (χ0v) is 14.2. The van der Waals surface area contributed by atoms with Gasteiger partial charge in [-0.2, -0.15) is 0 Å². The van der Waals surface area contributed by atoms with Crippen molar-refractivity contribution in [2.45, 2.75) is 25.9 Å². The number of imidazole rings is 1. The van der Waals surface area contributed by atoms with E-state index in [4.69, 9.17) is 4.74 Å². The van der Waals surface area contributed by atoms with Gasteiger partial charge in [-0.3, -0.25) is 4.79 Å². The molecule has 1 saturated heterocycles. The Labute approximate surface area is 144 Å². The van der Waals surface area contributed by atoms with Crippen molar-refractivity contribution < 1.29 is 9.53 Å². The summed E-state index contributed by atoms with van der Waals surface area (Å²) in [6.45, 7) is 2.62. The van der Waals surface area contributed by atoms with E-state index < -0.39 is 0 Å². The first-order chi connectivity index (χ1) is 12.2. The first-order valence-corrected chi connectivity index (χ1v) is 8.54. The largest absolute Gasteiger partial charge is 0.383 e. The highest BCUT2D eigenvalue weighted by Gasteiger charge is 2.22. The smallest absolute Gasteiger partial charge is 0.352 e. The molecule has 0 radical (unpaired) electrons. The highest BCUT2D eigenvalue weighted by molar-refractivity contribution is 5.81. The summed E-state index contributed by atoms with van der Waals surface area (Å²) in [5.74, 6) is 0.491. The standard InChI is InChI=1S/C17H21N5O3/c1-25-11-10-20-13-6-2-3-7-14(13)22-16(20)18-21(17(22)24)12-15(23)19-8-4-5-9-19/h2-3,6-7H,4-5,8-12H2,1H3. The van der Waals surface area contributed by atoms with Crippen LogP contribution in [0.2, 0.25) is 0 Å². The number of methoxy groups -OCH3 is 1. The van der Waals surface area contributed by atoms with E-state index in [0.29, 0.717) is 18.9 Å². The number of fused-ring (bicyclic) bond motifs is 3. The molecule has 25 heavy (non-hydrogen) atoms. The van der Waals surface area contributed by atoms with E-state index in [1.54, 1.807) is 16.4 Å².